The third-order valence-electron chi connectivity index (χ3n) is 4.44. The number of piperidine rings is 1. The van der Waals surface area contributed by atoms with Crippen molar-refractivity contribution in [3.63, 3.8) is 0 Å². The van der Waals surface area contributed by atoms with Crippen LogP contribution in [0, 0.1) is 5.41 Å². The summed E-state index contributed by atoms with van der Waals surface area (Å²) < 4.78 is 15.8. The minimum Gasteiger partial charge on any atom is -0.496 e. The zero-order valence-corrected chi connectivity index (χ0v) is 14.3. The van der Waals surface area contributed by atoms with Crippen LogP contribution in [0.3, 0.4) is 0 Å². The van der Waals surface area contributed by atoms with Crippen molar-refractivity contribution in [1.29, 1.82) is 0 Å². The van der Waals surface area contributed by atoms with Crippen LogP contribution in [0.4, 0.5) is 0 Å². The van der Waals surface area contributed by atoms with Crippen molar-refractivity contribution >= 4 is 5.91 Å². The Hall–Kier alpha value is -1.95. The van der Waals surface area contributed by atoms with Crippen LogP contribution in [-0.2, 0) is 0 Å². The molecule has 1 aliphatic heterocycles. The van der Waals surface area contributed by atoms with Crippen LogP contribution in [0.5, 0.6) is 17.2 Å². The van der Waals surface area contributed by atoms with Crippen LogP contribution in [-0.4, -0.2) is 46.9 Å². The maximum Gasteiger partial charge on any atom is 0.255 e. The fourth-order valence-electron chi connectivity index (χ4n) is 2.80. The van der Waals surface area contributed by atoms with Crippen molar-refractivity contribution in [2.75, 3.05) is 41.0 Å². The number of methoxy groups -OCH3 is 3. The lowest BCUT2D eigenvalue weighted by atomic mass is 9.81. The second kappa shape index (κ2) is 7.55. The quantitative estimate of drug-likeness (QED) is 0.836. The van der Waals surface area contributed by atoms with Crippen molar-refractivity contribution in [2.24, 2.45) is 5.41 Å². The number of nitrogens with one attached hydrogen (secondary N) is 2. The molecular weight excluding hydrogens is 296 g/mol. The first-order chi connectivity index (χ1) is 11.0. The molecule has 0 radical (unpaired) electrons. The molecule has 0 saturated carbocycles. The van der Waals surface area contributed by atoms with Gasteiger partial charge in [-0.3, -0.25) is 4.79 Å². The Morgan fingerprint density at radius 3 is 2.22 bits per heavy atom. The lowest BCUT2D eigenvalue weighted by Crippen LogP contribution is -2.42. The molecule has 6 nitrogen and oxygen atoms in total. The van der Waals surface area contributed by atoms with E-state index < -0.39 is 0 Å². The molecule has 0 aromatic heterocycles. The molecule has 1 saturated heterocycles. The van der Waals surface area contributed by atoms with E-state index >= 15 is 0 Å². The van der Waals surface area contributed by atoms with E-state index in [1.165, 1.54) is 7.11 Å². The monoisotopic (exact) mass is 322 g/mol. The number of carbonyl (C=O) groups is 1. The van der Waals surface area contributed by atoms with E-state index in [9.17, 15) is 4.79 Å². The molecule has 1 heterocycles. The number of hydrogen-bond donors (Lipinski definition) is 2. The van der Waals surface area contributed by atoms with E-state index in [0.717, 1.165) is 25.9 Å². The predicted octanol–water partition coefficient (Wildman–Crippen LogP) is 1.83. The van der Waals surface area contributed by atoms with Gasteiger partial charge in [-0.05, 0) is 31.3 Å². The molecule has 1 amide bonds. The van der Waals surface area contributed by atoms with Crippen LogP contribution in [0.2, 0.25) is 0 Å². The first-order valence-corrected chi connectivity index (χ1v) is 7.82. The van der Waals surface area contributed by atoms with Gasteiger partial charge < -0.3 is 24.8 Å². The van der Waals surface area contributed by atoms with Gasteiger partial charge in [-0.25, -0.2) is 0 Å². The van der Waals surface area contributed by atoms with Crippen LogP contribution in [0.25, 0.3) is 0 Å². The number of rotatable bonds is 6. The van der Waals surface area contributed by atoms with E-state index in [4.69, 9.17) is 14.2 Å². The molecule has 0 aliphatic carbocycles. The fourth-order valence-corrected chi connectivity index (χ4v) is 2.80. The van der Waals surface area contributed by atoms with Crippen molar-refractivity contribution < 1.29 is 19.0 Å². The first-order valence-electron chi connectivity index (χ1n) is 7.82. The standard InChI is InChI=1S/C17H26N2O4/c1-17(5-7-18-8-6-17)11-19-16(20)12-9-14(22-3)15(23-4)10-13(12)21-2/h9-10,18H,5-8,11H2,1-4H3,(H,19,20). The Morgan fingerprint density at radius 1 is 1.09 bits per heavy atom. The van der Waals surface area contributed by atoms with Gasteiger partial charge in [0.25, 0.3) is 5.91 Å². The summed E-state index contributed by atoms with van der Waals surface area (Å²) in [5, 5.41) is 6.37. The Labute approximate surface area is 137 Å². The highest BCUT2D eigenvalue weighted by Gasteiger charge is 2.28. The predicted molar refractivity (Wildman–Crippen MR) is 88.6 cm³/mol. The van der Waals surface area contributed by atoms with E-state index in [0.29, 0.717) is 29.4 Å². The van der Waals surface area contributed by atoms with Crippen molar-refractivity contribution in [3.05, 3.63) is 17.7 Å². The van der Waals surface area contributed by atoms with Gasteiger partial charge >= 0.3 is 0 Å². The van der Waals surface area contributed by atoms with E-state index in [-0.39, 0.29) is 11.3 Å². The molecule has 1 fully saturated rings. The number of hydrogen-bond acceptors (Lipinski definition) is 5. The topological polar surface area (TPSA) is 68.8 Å². The maximum atomic E-state index is 12.6. The van der Waals surface area contributed by atoms with Crippen molar-refractivity contribution in [1.82, 2.24) is 10.6 Å². The molecule has 0 unspecified atom stereocenters. The van der Waals surface area contributed by atoms with Crippen LogP contribution < -0.4 is 24.8 Å². The number of amides is 1. The highest BCUT2D eigenvalue weighted by Crippen LogP contribution is 2.35. The van der Waals surface area contributed by atoms with Gasteiger partial charge in [-0.1, -0.05) is 6.92 Å². The molecule has 128 valence electrons. The van der Waals surface area contributed by atoms with E-state index in [1.807, 2.05) is 0 Å². The SMILES string of the molecule is COc1cc(OC)c(C(=O)NCC2(C)CCNCC2)cc1OC. The van der Waals surface area contributed by atoms with Crippen LogP contribution in [0.15, 0.2) is 12.1 Å². The second-order valence-corrected chi connectivity index (χ2v) is 6.15. The second-order valence-electron chi connectivity index (χ2n) is 6.15. The molecule has 0 bridgehead atoms. The average Bonchev–Trinajstić information content (AvgIpc) is 2.59. The lowest BCUT2D eigenvalue weighted by molar-refractivity contribution is 0.0918. The van der Waals surface area contributed by atoms with Gasteiger partial charge in [0.1, 0.15) is 5.75 Å². The minimum absolute atomic E-state index is 0.130. The smallest absolute Gasteiger partial charge is 0.255 e. The van der Waals surface area contributed by atoms with E-state index in [1.54, 1.807) is 26.4 Å². The molecule has 0 spiro atoms. The highest BCUT2D eigenvalue weighted by atomic mass is 16.5. The minimum atomic E-state index is -0.164. The Bertz CT molecular complexity index is 554. The normalized spacial score (nSPS) is 16.5. The Kier molecular flexibility index (Phi) is 5.71. The summed E-state index contributed by atoms with van der Waals surface area (Å²) in [4.78, 5) is 12.6. The summed E-state index contributed by atoms with van der Waals surface area (Å²) in [5.41, 5.74) is 0.577. The number of carbonyl (C=O) groups excluding carboxylic acids is 1. The number of benzene rings is 1. The summed E-state index contributed by atoms with van der Waals surface area (Å²) >= 11 is 0. The largest absolute Gasteiger partial charge is 0.496 e. The summed E-state index contributed by atoms with van der Waals surface area (Å²) in [6.45, 7) is 4.84. The summed E-state index contributed by atoms with van der Waals surface area (Å²) in [7, 11) is 4.63. The van der Waals surface area contributed by atoms with E-state index in [2.05, 4.69) is 17.6 Å². The molecule has 2 N–H and O–H groups in total. The molecular formula is C17H26N2O4. The molecule has 23 heavy (non-hydrogen) atoms. The average molecular weight is 322 g/mol. The van der Waals surface area contributed by atoms with Gasteiger partial charge in [-0.15, -0.1) is 0 Å². The maximum absolute atomic E-state index is 12.6. The first kappa shape index (κ1) is 17.4. The zero-order valence-electron chi connectivity index (χ0n) is 14.3. The fraction of sp³-hybridized carbons (Fsp3) is 0.588. The van der Waals surface area contributed by atoms with Crippen LogP contribution >= 0.6 is 0 Å². The number of ether oxygens (including phenoxy) is 3. The molecule has 0 atom stereocenters. The Balaban J connectivity index is 2.14. The highest BCUT2D eigenvalue weighted by molar-refractivity contribution is 5.97. The third-order valence-corrected chi connectivity index (χ3v) is 4.44. The third kappa shape index (κ3) is 4.07. The van der Waals surface area contributed by atoms with Crippen molar-refractivity contribution in [2.45, 2.75) is 19.8 Å². The summed E-state index contributed by atoms with van der Waals surface area (Å²) in [6.07, 6.45) is 2.10. The molecule has 1 aliphatic rings. The van der Waals surface area contributed by atoms with Gasteiger partial charge in [0.2, 0.25) is 0 Å². The van der Waals surface area contributed by atoms with Gasteiger partial charge in [0.15, 0.2) is 11.5 Å². The van der Waals surface area contributed by atoms with Crippen molar-refractivity contribution in [3.8, 4) is 17.2 Å². The summed E-state index contributed by atoms with van der Waals surface area (Å²) in [6, 6.07) is 3.32. The molecule has 1 aromatic rings. The van der Waals surface area contributed by atoms with Gasteiger partial charge in [-0.2, -0.15) is 0 Å². The molecule has 6 heteroatoms. The van der Waals surface area contributed by atoms with Gasteiger partial charge in [0.05, 0.1) is 26.9 Å². The van der Waals surface area contributed by atoms with Gasteiger partial charge in [0, 0.05) is 18.7 Å². The zero-order chi connectivity index (χ0) is 16.9. The lowest BCUT2D eigenvalue weighted by Gasteiger charge is -2.34. The summed E-state index contributed by atoms with van der Waals surface area (Å²) in [5.74, 6) is 1.34. The van der Waals surface area contributed by atoms with Crippen LogP contribution in [0.1, 0.15) is 30.1 Å². The Morgan fingerprint density at radius 2 is 1.65 bits per heavy atom. The molecule has 1 aromatic carbocycles. The molecule has 2 rings (SSSR count).